The van der Waals surface area contributed by atoms with Crippen LogP contribution in [0.5, 0.6) is 0 Å². The van der Waals surface area contributed by atoms with Crippen LogP contribution in [-0.2, 0) is 0 Å². The zero-order chi connectivity index (χ0) is 40.9. The van der Waals surface area contributed by atoms with E-state index in [1.54, 1.807) is 12.1 Å². The average Bonchev–Trinajstić information content (AvgIpc) is 3.65. The van der Waals surface area contributed by atoms with Crippen molar-refractivity contribution in [1.29, 1.82) is 10.5 Å². The number of nitrogens with zero attached hydrogens (tertiary/aromatic N) is 8. The van der Waals surface area contributed by atoms with Crippen LogP contribution in [0.25, 0.3) is 61.7 Å². The van der Waals surface area contributed by atoms with Gasteiger partial charge in [-0.15, -0.1) is 0 Å². The number of benzene rings is 8. The van der Waals surface area contributed by atoms with Gasteiger partial charge in [0.25, 0.3) is 0 Å². The van der Waals surface area contributed by atoms with Crippen molar-refractivity contribution in [2.45, 2.75) is 0 Å². The smallest absolute Gasteiger partial charge is 0.164 e. The van der Waals surface area contributed by atoms with Crippen molar-refractivity contribution in [3.8, 4) is 52.0 Å². The maximum absolute atomic E-state index is 11.0. The first-order chi connectivity index (χ1) is 30.2. The number of hydrogen-bond acceptors (Lipinski definition) is 7. The van der Waals surface area contributed by atoms with Crippen molar-refractivity contribution < 1.29 is 0 Å². The molecule has 2 aromatic heterocycles. The van der Waals surface area contributed by atoms with Crippen molar-refractivity contribution in [3.05, 3.63) is 205 Å². The Morgan fingerprint density at radius 2 is 0.787 bits per heavy atom. The van der Waals surface area contributed by atoms with Gasteiger partial charge in [0.1, 0.15) is 12.1 Å². The minimum absolute atomic E-state index is 0.313. The monoisotopic (exact) mass is 780 g/mol. The number of nitriles is 2. The lowest BCUT2D eigenvalue weighted by molar-refractivity contribution is 1.07. The summed E-state index contributed by atoms with van der Waals surface area (Å²) in [6.45, 7) is 0. The molecule has 61 heavy (non-hydrogen) atoms. The van der Waals surface area contributed by atoms with Crippen LogP contribution in [0.4, 0.5) is 34.1 Å². The minimum atomic E-state index is 0.313. The normalized spacial score (nSPS) is 11.8. The Morgan fingerprint density at radius 3 is 1.30 bits per heavy atom. The van der Waals surface area contributed by atoms with Crippen molar-refractivity contribution >= 4 is 55.9 Å². The van der Waals surface area contributed by atoms with E-state index in [2.05, 4.69) is 118 Å². The second-order valence-electron chi connectivity index (χ2n) is 14.7. The summed E-state index contributed by atoms with van der Waals surface area (Å²) in [4.78, 5) is 19.3. The Kier molecular flexibility index (Phi) is 8.40. The third kappa shape index (κ3) is 5.86. The Labute approximate surface area is 351 Å². The summed E-state index contributed by atoms with van der Waals surface area (Å²) in [6, 6.07) is 69.8. The van der Waals surface area contributed by atoms with Crippen LogP contribution in [0, 0.1) is 22.7 Å². The Morgan fingerprint density at radius 1 is 0.361 bits per heavy atom. The molecule has 8 nitrogen and oxygen atoms in total. The SMILES string of the molecule is N#Cc1cc(-c2nc(-c3ccccc3)nc(-c3ccccc3)n2)cc(C#N)c1-n1c2ccccc2c2cc3c(cc21)N(c1ccccc1)c1ccccc1N3c1ccccc1. The van der Waals surface area contributed by atoms with Crippen LogP contribution >= 0.6 is 0 Å². The Bertz CT molecular complexity index is 3290. The first-order valence-electron chi connectivity index (χ1n) is 19.9. The molecule has 0 spiro atoms. The number of aromatic nitrogens is 4. The van der Waals surface area contributed by atoms with E-state index in [0.29, 0.717) is 39.9 Å². The summed E-state index contributed by atoms with van der Waals surface area (Å²) in [5.41, 5.74) is 11.1. The molecule has 0 amide bonds. The molecule has 1 aliphatic heterocycles. The highest BCUT2D eigenvalue weighted by Crippen LogP contribution is 2.56. The van der Waals surface area contributed by atoms with Crippen LogP contribution in [0.15, 0.2) is 194 Å². The summed E-state index contributed by atoms with van der Waals surface area (Å²) in [6.07, 6.45) is 0. The maximum Gasteiger partial charge on any atom is 0.164 e. The molecule has 0 aliphatic carbocycles. The third-order valence-corrected chi connectivity index (χ3v) is 11.2. The second kappa shape index (κ2) is 14.5. The molecule has 0 N–H and O–H groups in total. The Hall–Kier alpha value is -8.85. The van der Waals surface area contributed by atoms with E-state index >= 15 is 0 Å². The second-order valence-corrected chi connectivity index (χ2v) is 14.7. The first-order valence-corrected chi connectivity index (χ1v) is 19.9. The van der Waals surface area contributed by atoms with Gasteiger partial charge in [-0.25, -0.2) is 15.0 Å². The molecule has 0 saturated heterocycles. The van der Waals surface area contributed by atoms with Gasteiger partial charge >= 0.3 is 0 Å². The van der Waals surface area contributed by atoms with Gasteiger partial charge < -0.3 is 14.4 Å². The van der Waals surface area contributed by atoms with Crippen molar-refractivity contribution in [1.82, 2.24) is 19.5 Å². The molecule has 0 fully saturated rings. The zero-order valence-corrected chi connectivity index (χ0v) is 32.6. The van der Waals surface area contributed by atoms with Gasteiger partial charge in [-0.3, -0.25) is 0 Å². The van der Waals surface area contributed by atoms with E-state index < -0.39 is 0 Å². The van der Waals surface area contributed by atoms with E-state index in [-0.39, 0.29) is 0 Å². The van der Waals surface area contributed by atoms with E-state index in [0.717, 1.165) is 67.1 Å². The van der Waals surface area contributed by atoms with Gasteiger partial charge in [0.15, 0.2) is 17.5 Å². The number of hydrogen-bond donors (Lipinski definition) is 0. The highest BCUT2D eigenvalue weighted by Gasteiger charge is 2.32. The molecule has 0 bridgehead atoms. The fourth-order valence-electron chi connectivity index (χ4n) is 8.52. The van der Waals surface area contributed by atoms with Crippen molar-refractivity contribution in [2.75, 3.05) is 9.80 Å². The van der Waals surface area contributed by atoms with Crippen LogP contribution in [0.3, 0.4) is 0 Å². The molecule has 0 atom stereocenters. The van der Waals surface area contributed by atoms with Gasteiger partial charge in [-0.1, -0.05) is 127 Å². The summed E-state index contributed by atoms with van der Waals surface area (Å²) in [5, 5.41) is 24.0. The quantitative estimate of drug-likeness (QED) is 0.166. The van der Waals surface area contributed by atoms with Crippen molar-refractivity contribution in [2.24, 2.45) is 0 Å². The largest absolute Gasteiger partial charge is 0.307 e. The highest BCUT2D eigenvalue weighted by atomic mass is 15.3. The standard InChI is InChI=1S/C53H32N8/c54-33-38-29-37(53-57-51(35-17-5-1-6-18-35)56-52(58-53)36-19-7-2-8-20-36)30-39(34-55)50(38)61-44-26-14-13-25-42(44)43-31-48-49(32-47(43)61)60(41-23-11-4-12-24-41)46-28-16-15-27-45(46)59(48)40-21-9-3-10-22-40/h1-32H. The van der Waals surface area contributed by atoms with Crippen LogP contribution in [-0.4, -0.2) is 19.5 Å². The van der Waals surface area contributed by atoms with E-state index in [1.807, 2.05) is 91.0 Å². The van der Waals surface area contributed by atoms with Crippen LogP contribution in [0.1, 0.15) is 11.1 Å². The molecular weight excluding hydrogens is 749 g/mol. The maximum atomic E-state index is 11.0. The predicted molar refractivity (Wildman–Crippen MR) is 243 cm³/mol. The molecule has 0 unspecified atom stereocenters. The molecule has 1 aliphatic rings. The topological polar surface area (TPSA) is 97.7 Å². The summed E-state index contributed by atoms with van der Waals surface area (Å²) >= 11 is 0. The molecule has 8 heteroatoms. The molecule has 0 saturated carbocycles. The van der Waals surface area contributed by atoms with Gasteiger partial charge in [-0.2, -0.15) is 10.5 Å². The average molecular weight is 781 g/mol. The lowest BCUT2D eigenvalue weighted by atomic mass is 10.0. The zero-order valence-electron chi connectivity index (χ0n) is 32.6. The van der Waals surface area contributed by atoms with Crippen LogP contribution in [0.2, 0.25) is 0 Å². The summed E-state index contributed by atoms with van der Waals surface area (Å²) in [5.74, 6) is 1.35. The molecule has 284 valence electrons. The van der Waals surface area contributed by atoms with E-state index in [1.165, 1.54) is 0 Å². The van der Waals surface area contributed by atoms with Gasteiger partial charge in [0.05, 0.1) is 50.6 Å². The number of anilines is 6. The third-order valence-electron chi connectivity index (χ3n) is 11.2. The molecule has 10 aromatic rings. The number of para-hydroxylation sites is 5. The minimum Gasteiger partial charge on any atom is -0.307 e. The molecular formula is C53H32N8. The lowest BCUT2D eigenvalue weighted by Gasteiger charge is -2.40. The summed E-state index contributed by atoms with van der Waals surface area (Å²) < 4.78 is 2.07. The number of fused-ring (bicyclic) bond motifs is 5. The first kappa shape index (κ1) is 35.3. The highest BCUT2D eigenvalue weighted by molar-refractivity contribution is 6.15. The molecule has 3 heterocycles. The predicted octanol–water partition coefficient (Wildman–Crippen LogP) is 13.0. The van der Waals surface area contributed by atoms with E-state index in [4.69, 9.17) is 15.0 Å². The van der Waals surface area contributed by atoms with E-state index in [9.17, 15) is 10.5 Å². The van der Waals surface area contributed by atoms with Crippen LogP contribution < -0.4 is 9.80 Å². The van der Waals surface area contributed by atoms with Gasteiger partial charge in [0, 0.05) is 38.8 Å². The van der Waals surface area contributed by atoms with Gasteiger partial charge in [-0.05, 0) is 66.7 Å². The molecule has 0 radical (unpaired) electrons. The molecule has 8 aromatic carbocycles. The lowest BCUT2D eigenvalue weighted by Crippen LogP contribution is -2.24. The molecule has 11 rings (SSSR count). The fraction of sp³-hybridized carbons (Fsp3) is 0. The number of rotatable bonds is 6. The summed E-state index contributed by atoms with van der Waals surface area (Å²) in [7, 11) is 0. The van der Waals surface area contributed by atoms with Crippen molar-refractivity contribution in [3.63, 3.8) is 0 Å². The fourth-order valence-corrected chi connectivity index (χ4v) is 8.52. The Balaban J connectivity index is 1.17. The van der Waals surface area contributed by atoms with Gasteiger partial charge in [0.2, 0.25) is 0 Å².